The van der Waals surface area contributed by atoms with Crippen LogP contribution in [0.15, 0.2) is 10.6 Å². The summed E-state index contributed by atoms with van der Waals surface area (Å²) in [7, 11) is 0. The third kappa shape index (κ3) is 1.81. The minimum atomic E-state index is 0.247. The van der Waals surface area contributed by atoms with Gasteiger partial charge in [0.15, 0.2) is 0 Å². The van der Waals surface area contributed by atoms with Gasteiger partial charge in [-0.2, -0.15) is 0 Å². The number of hydrogen-bond donors (Lipinski definition) is 1. The molecular weight excluding hydrogens is 178 g/mol. The van der Waals surface area contributed by atoms with Crippen molar-refractivity contribution in [2.75, 3.05) is 13.1 Å². The van der Waals surface area contributed by atoms with Crippen LogP contribution in [0.1, 0.15) is 31.0 Å². The van der Waals surface area contributed by atoms with Crippen molar-refractivity contribution in [1.82, 2.24) is 9.88 Å². The molecule has 0 aromatic carbocycles. The predicted octanol–water partition coefficient (Wildman–Crippen LogP) is 1.08. The first-order chi connectivity index (χ1) is 6.66. The van der Waals surface area contributed by atoms with Gasteiger partial charge in [0.05, 0.1) is 12.2 Å². The van der Waals surface area contributed by atoms with E-state index >= 15 is 0 Å². The third-order valence-corrected chi connectivity index (χ3v) is 2.80. The molecule has 0 saturated carbocycles. The van der Waals surface area contributed by atoms with Gasteiger partial charge in [0.2, 0.25) is 5.89 Å². The number of oxazole rings is 1. The maximum absolute atomic E-state index is 5.85. The number of nitrogens with two attached hydrogens (primary N) is 1. The van der Waals surface area contributed by atoms with E-state index in [4.69, 9.17) is 10.2 Å². The van der Waals surface area contributed by atoms with Gasteiger partial charge in [-0.3, -0.25) is 4.90 Å². The molecule has 0 radical (unpaired) electrons. The smallest absolute Gasteiger partial charge is 0.211 e. The second-order valence-electron chi connectivity index (χ2n) is 4.03. The highest BCUT2D eigenvalue weighted by Crippen LogP contribution is 2.23. The Balaban J connectivity index is 2.05. The zero-order valence-electron chi connectivity index (χ0n) is 8.73. The van der Waals surface area contributed by atoms with E-state index in [1.54, 1.807) is 6.20 Å². The average molecular weight is 195 g/mol. The van der Waals surface area contributed by atoms with E-state index in [9.17, 15) is 0 Å². The molecule has 0 aliphatic carbocycles. The molecule has 2 atom stereocenters. The lowest BCUT2D eigenvalue weighted by atomic mass is 10.3. The fourth-order valence-electron chi connectivity index (χ4n) is 1.89. The summed E-state index contributed by atoms with van der Waals surface area (Å²) < 4.78 is 5.50. The standard InChI is InChI=1S/C10H17N3O/c1-7-5-12-10(14-7)8(2)13-4-3-9(11)6-13/h5,8-9H,3-4,6,11H2,1-2H3. The van der Waals surface area contributed by atoms with Crippen molar-refractivity contribution in [2.45, 2.75) is 32.4 Å². The zero-order valence-corrected chi connectivity index (χ0v) is 8.73. The number of rotatable bonds is 2. The van der Waals surface area contributed by atoms with Crippen molar-refractivity contribution in [1.29, 1.82) is 0 Å². The molecule has 4 heteroatoms. The van der Waals surface area contributed by atoms with E-state index < -0.39 is 0 Å². The fourth-order valence-corrected chi connectivity index (χ4v) is 1.89. The second-order valence-corrected chi connectivity index (χ2v) is 4.03. The van der Waals surface area contributed by atoms with Crippen LogP contribution in [0.3, 0.4) is 0 Å². The predicted molar refractivity (Wildman–Crippen MR) is 53.8 cm³/mol. The number of hydrogen-bond acceptors (Lipinski definition) is 4. The van der Waals surface area contributed by atoms with Crippen molar-refractivity contribution in [3.63, 3.8) is 0 Å². The zero-order chi connectivity index (χ0) is 10.1. The Bertz CT molecular complexity index is 310. The lowest BCUT2D eigenvalue weighted by Gasteiger charge is -2.20. The van der Waals surface area contributed by atoms with Gasteiger partial charge in [-0.25, -0.2) is 4.98 Å². The third-order valence-electron chi connectivity index (χ3n) is 2.80. The quantitative estimate of drug-likeness (QED) is 0.767. The maximum atomic E-state index is 5.85. The van der Waals surface area contributed by atoms with Crippen molar-refractivity contribution >= 4 is 0 Å². The van der Waals surface area contributed by atoms with Crippen LogP contribution in [-0.2, 0) is 0 Å². The molecule has 0 spiro atoms. The summed E-state index contributed by atoms with van der Waals surface area (Å²) >= 11 is 0. The summed E-state index contributed by atoms with van der Waals surface area (Å²) in [5, 5.41) is 0. The number of aromatic nitrogens is 1. The second kappa shape index (κ2) is 3.71. The molecular formula is C10H17N3O. The van der Waals surface area contributed by atoms with Crippen LogP contribution in [0.25, 0.3) is 0 Å². The van der Waals surface area contributed by atoms with Crippen molar-refractivity contribution in [2.24, 2.45) is 5.73 Å². The van der Waals surface area contributed by atoms with E-state index in [-0.39, 0.29) is 6.04 Å². The molecule has 1 saturated heterocycles. The van der Waals surface area contributed by atoms with Gasteiger partial charge in [-0.1, -0.05) is 0 Å². The monoisotopic (exact) mass is 195 g/mol. The average Bonchev–Trinajstić information content (AvgIpc) is 2.73. The van der Waals surface area contributed by atoms with Gasteiger partial charge in [0.1, 0.15) is 5.76 Å². The summed E-state index contributed by atoms with van der Waals surface area (Å²) in [6, 6.07) is 0.561. The van der Waals surface area contributed by atoms with Gasteiger partial charge < -0.3 is 10.2 Å². The minimum absolute atomic E-state index is 0.247. The Morgan fingerprint density at radius 1 is 1.71 bits per heavy atom. The Morgan fingerprint density at radius 2 is 2.50 bits per heavy atom. The Kier molecular flexibility index (Phi) is 2.56. The van der Waals surface area contributed by atoms with Crippen molar-refractivity contribution in [3.05, 3.63) is 17.8 Å². The summed E-state index contributed by atoms with van der Waals surface area (Å²) in [5.41, 5.74) is 5.85. The lowest BCUT2D eigenvalue weighted by Crippen LogP contribution is -2.28. The normalized spacial score (nSPS) is 25.5. The topological polar surface area (TPSA) is 55.3 Å². The van der Waals surface area contributed by atoms with E-state index in [1.165, 1.54) is 0 Å². The number of likely N-dealkylation sites (tertiary alicyclic amines) is 1. The maximum Gasteiger partial charge on any atom is 0.211 e. The van der Waals surface area contributed by atoms with Gasteiger partial charge in [0, 0.05) is 19.1 Å². The highest BCUT2D eigenvalue weighted by Gasteiger charge is 2.26. The summed E-state index contributed by atoms with van der Waals surface area (Å²) in [6.45, 7) is 6.02. The molecule has 1 aliphatic rings. The van der Waals surface area contributed by atoms with E-state index in [0.29, 0.717) is 6.04 Å². The SMILES string of the molecule is Cc1cnc(C(C)N2CCC(N)C2)o1. The number of nitrogens with zero attached hydrogens (tertiary/aromatic N) is 2. The molecule has 78 valence electrons. The molecule has 2 heterocycles. The fraction of sp³-hybridized carbons (Fsp3) is 0.700. The van der Waals surface area contributed by atoms with Crippen molar-refractivity contribution in [3.8, 4) is 0 Å². The highest BCUT2D eigenvalue weighted by atomic mass is 16.4. The van der Waals surface area contributed by atoms with Crippen molar-refractivity contribution < 1.29 is 4.42 Å². The summed E-state index contributed by atoms with van der Waals surface area (Å²) in [5.74, 6) is 1.67. The van der Waals surface area contributed by atoms with E-state index in [0.717, 1.165) is 31.2 Å². The number of aryl methyl sites for hydroxylation is 1. The van der Waals surface area contributed by atoms with E-state index in [2.05, 4.69) is 16.8 Å². The Morgan fingerprint density at radius 3 is 3.00 bits per heavy atom. The molecule has 1 fully saturated rings. The molecule has 2 unspecified atom stereocenters. The van der Waals surface area contributed by atoms with Gasteiger partial charge in [-0.15, -0.1) is 0 Å². The molecule has 0 bridgehead atoms. The first-order valence-corrected chi connectivity index (χ1v) is 5.09. The van der Waals surface area contributed by atoms with Crippen LogP contribution in [0.4, 0.5) is 0 Å². The van der Waals surface area contributed by atoms with Crippen LogP contribution in [0.5, 0.6) is 0 Å². The van der Waals surface area contributed by atoms with Crippen LogP contribution in [-0.4, -0.2) is 29.0 Å². The molecule has 14 heavy (non-hydrogen) atoms. The largest absolute Gasteiger partial charge is 0.444 e. The van der Waals surface area contributed by atoms with Gasteiger partial charge >= 0.3 is 0 Å². The Labute approximate surface area is 84.1 Å². The van der Waals surface area contributed by atoms with Crippen LogP contribution < -0.4 is 5.73 Å². The van der Waals surface area contributed by atoms with E-state index in [1.807, 2.05) is 6.92 Å². The van der Waals surface area contributed by atoms with Crippen LogP contribution in [0.2, 0.25) is 0 Å². The van der Waals surface area contributed by atoms with Crippen LogP contribution >= 0.6 is 0 Å². The minimum Gasteiger partial charge on any atom is -0.444 e. The first kappa shape index (κ1) is 9.68. The summed E-state index contributed by atoms with van der Waals surface area (Å²) in [4.78, 5) is 6.55. The van der Waals surface area contributed by atoms with Crippen LogP contribution in [0, 0.1) is 6.92 Å². The highest BCUT2D eigenvalue weighted by molar-refractivity contribution is 4.97. The summed E-state index contributed by atoms with van der Waals surface area (Å²) in [6.07, 6.45) is 2.84. The molecule has 4 nitrogen and oxygen atoms in total. The molecule has 2 N–H and O–H groups in total. The molecule has 1 aliphatic heterocycles. The van der Waals surface area contributed by atoms with Gasteiger partial charge in [0.25, 0.3) is 0 Å². The molecule has 1 aromatic rings. The lowest BCUT2D eigenvalue weighted by molar-refractivity contribution is 0.220. The first-order valence-electron chi connectivity index (χ1n) is 5.09. The Hall–Kier alpha value is -0.870. The van der Waals surface area contributed by atoms with Gasteiger partial charge in [-0.05, 0) is 20.3 Å². The molecule has 0 amide bonds. The molecule has 1 aromatic heterocycles. The molecule has 2 rings (SSSR count).